The third-order valence-corrected chi connectivity index (χ3v) is 5.36. The number of nitrogens with one attached hydrogen (secondary N) is 2. The molecule has 7 heteroatoms. The van der Waals surface area contributed by atoms with Crippen LogP contribution in [0.4, 0.5) is 0 Å². The van der Waals surface area contributed by atoms with Crippen molar-refractivity contribution in [2.24, 2.45) is 0 Å². The topological polar surface area (TPSA) is 70.2 Å². The summed E-state index contributed by atoms with van der Waals surface area (Å²) in [6, 6.07) is 21.3. The Morgan fingerprint density at radius 1 is 0.424 bits per heavy atom. The van der Waals surface area contributed by atoms with E-state index in [1.807, 2.05) is 12.1 Å². The van der Waals surface area contributed by atoms with Crippen molar-refractivity contribution in [3.63, 3.8) is 0 Å². The van der Waals surface area contributed by atoms with Crippen molar-refractivity contribution in [1.82, 2.24) is 10.6 Å². The van der Waals surface area contributed by atoms with Crippen LogP contribution in [0.5, 0.6) is 0 Å². The van der Waals surface area contributed by atoms with Gasteiger partial charge in [0.25, 0.3) is 0 Å². The number of hydrogen-bond acceptors (Lipinski definition) is 7. The van der Waals surface area contributed by atoms with Crippen LogP contribution in [0.1, 0.15) is 23.2 Å². The fourth-order valence-corrected chi connectivity index (χ4v) is 3.73. The highest BCUT2D eigenvalue weighted by Gasteiger charge is 2.24. The smallest absolute Gasteiger partial charge is 0.0701 e. The third-order valence-electron chi connectivity index (χ3n) is 5.36. The maximum Gasteiger partial charge on any atom is 0.0701 e. The molecule has 0 radical (unpaired) electrons. The van der Waals surface area contributed by atoms with Crippen LogP contribution in [0.3, 0.4) is 0 Å². The minimum absolute atomic E-state index is 0.0861. The van der Waals surface area contributed by atoms with Gasteiger partial charge < -0.3 is 34.3 Å². The summed E-state index contributed by atoms with van der Waals surface area (Å²) in [5.74, 6) is 0. The zero-order valence-corrected chi connectivity index (χ0v) is 19.5. The lowest BCUT2D eigenvalue weighted by Crippen LogP contribution is -2.38. The van der Waals surface area contributed by atoms with Crippen molar-refractivity contribution in [1.29, 1.82) is 0 Å². The van der Waals surface area contributed by atoms with E-state index in [9.17, 15) is 0 Å². The van der Waals surface area contributed by atoms with Crippen LogP contribution >= 0.6 is 0 Å². The molecular formula is C26H38N2O5. The van der Waals surface area contributed by atoms with Crippen molar-refractivity contribution < 1.29 is 23.7 Å². The molecule has 0 aliphatic carbocycles. The van der Waals surface area contributed by atoms with E-state index in [0.717, 1.165) is 13.1 Å². The summed E-state index contributed by atoms with van der Waals surface area (Å²) in [6.07, 6.45) is 0. The van der Waals surface area contributed by atoms with Gasteiger partial charge in [0, 0.05) is 13.1 Å². The van der Waals surface area contributed by atoms with Crippen molar-refractivity contribution >= 4 is 0 Å². The van der Waals surface area contributed by atoms with Crippen LogP contribution in [0.15, 0.2) is 60.7 Å². The summed E-state index contributed by atoms with van der Waals surface area (Å²) in [6.45, 7) is 7.22. The zero-order chi connectivity index (χ0) is 22.8. The van der Waals surface area contributed by atoms with Crippen molar-refractivity contribution in [2.45, 2.75) is 12.1 Å². The van der Waals surface area contributed by atoms with Crippen LogP contribution in [0.2, 0.25) is 0 Å². The van der Waals surface area contributed by atoms with Crippen molar-refractivity contribution in [3.05, 3.63) is 71.8 Å². The SMILES string of the molecule is c1ccc([C@H]2NCCOCCOCCOCCOCCOCCN[C@H]2c2ccccc2)cc1. The Hall–Kier alpha value is -1.84. The zero-order valence-electron chi connectivity index (χ0n) is 19.5. The Labute approximate surface area is 197 Å². The Morgan fingerprint density at radius 3 is 1.06 bits per heavy atom. The van der Waals surface area contributed by atoms with E-state index in [1.54, 1.807) is 0 Å². The minimum Gasteiger partial charge on any atom is -0.378 e. The fourth-order valence-electron chi connectivity index (χ4n) is 3.73. The van der Waals surface area contributed by atoms with Crippen molar-refractivity contribution in [2.75, 3.05) is 79.2 Å². The van der Waals surface area contributed by atoms with Gasteiger partial charge in [-0.3, -0.25) is 0 Å². The molecule has 1 aliphatic heterocycles. The fraction of sp³-hybridized carbons (Fsp3) is 0.538. The molecule has 2 aromatic carbocycles. The molecule has 1 heterocycles. The number of ether oxygens (including phenoxy) is 5. The van der Waals surface area contributed by atoms with E-state index >= 15 is 0 Å². The maximum atomic E-state index is 5.77. The Balaban J connectivity index is 1.65. The van der Waals surface area contributed by atoms with Crippen molar-refractivity contribution in [3.8, 4) is 0 Å². The van der Waals surface area contributed by atoms with Crippen LogP contribution < -0.4 is 10.6 Å². The lowest BCUT2D eigenvalue weighted by molar-refractivity contribution is -0.0104. The van der Waals surface area contributed by atoms with E-state index in [0.29, 0.717) is 66.1 Å². The van der Waals surface area contributed by atoms with Crippen LogP contribution in [0, 0.1) is 0 Å². The van der Waals surface area contributed by atoms with Gasteiger partial charge in [-0.25, -0.2) is 0 Å². The van der Waals surface area contributed by atoms with E-state index in [1.165, 1.54) is 11.1 Å². The van der Waals surface area contributed by atoms with Gasteiger partial charge >= 0.3 is 0 Å². The molecule has 2 aromatic rings. The molecule has 182 valence electrons. The molecule has 7 nitrogen and oxygen atoms in total. The second-order valence-corrected chi connectivity index (χ2v) is 7.75. The summed E-state index contributed by atoms with van der Waals surface area (Å²) in [7, 11) is 0. The monoisotopic (exact) mass is 458 g/mol. The molecule has 1 fully saturated rings. The van der Waals surface area contributed by atoms with Gasteiger partial charge in [-0.1, -0.05) is 60.7 Å². The summed E-state index contributed by atoms with van der Waals surface area (Å²) < 4.78 is 28.1. The van der Waals surface area contributed by atoms with E-state index in [-0.39, 0.29) is 12.1 Å². The molecule has 3 rings (SSSR count). The van der Waals surface area contributed by atoms with Crippen LogP contribution in [0.25, 0.3) is 0 Å². The lowest BCUT2D eigenvalue weighted by atomic mass is 9.93. The van der Waals surface area contributed by atoms with E-state index < -0.39 is 0 Å². The largest absolute Gasteiger partial charge is 0.378 e. The molecule has 2 atom stereocenters. The lowest BCUT2D eigenvalue weighted by Gasteiger charge is -2.30. The average molecular weight is 459 g/mol. The molecule has 1 saturated heterocycles. The van der Waals surface area contributed by atoms with Gasteiger partial charge in [0.2, 0.25) is 0 Å². The highest BCUT2D eigenvalue weighted by Crippen LogP contribution is 2.28. The van der Waals surface area contributed by atoms with Gasteiger partial charge in [-0.05, 0) is 11.1 Å². The molecule has 1 aliphatic rings. The molecular weight excluding hydrogens is 420 g/mol. The highest BCUT2D eigenvalue weighted by atomic mass is 16.6. The predicted octanol–water partition coefficient (Wildman–Crippen LogP) is 2.74. The molecule has 0 unspecified atom stereocenters. The Kier molecular flexibility index (Phi) is 13.1. The summed E-state index contributed by atoms with van der Waals surface area (Å²) in [5.41, 5.74) is 2.46. The van der Waals surface area contributed by atoms with Gasteiger partial charge in [-0.2, -0.15) is 0 Å². The molecule has 0 aromatic heterocycles. The van der Waals surface area contributed by atoms with Gasteiger partial charge in [-0.15, -0.1) is 0 Å². The highest BCUT2D eigenvalue weighted by molar-refractivity contribution is 5.27. The van der Waals surface area contributed by atoms with Crippen LogP contribution in [-0.2, 0) is 23.7 Å². The second-order valence-electron chi connectivity index (χ2n) is 7.75. The van der Waals surface area contributed by atoms with Gasteiger partial charge in [0.05, 0.1) is 78.2 Å². The van der Waals surface area contributed by atoms with Gasteiger partial charge in [0.15, 0.2) is 0 Å². The molecule has 33 heavy (non-hydrogen) atoms. The molecule has 0 bridgehead atoms. The first-order valence-electron chi connectivity index (χ1n) is 11.9. The van der Waals surface area contributed by atoms with Crippen LogP contribution in [-0.4, -0.2) is 79.2 Å². The summed E-state index contributed by atoms with van der Waals surface area (Å²) in [5, 5.41) is 7.41. The number of rotatable bonds is 2. The summed E-state index contributed by atoms with van der Waals surface area (Å²) in [4.78, 5) is 0. The van der Waals surface area contributed by atoms with Gasteiger partial charge in [0.1, 0.15) is 0 Å². The maximum absolute atomic E-state index is 5.77. The first kappa shape index (κ1) is 25.8. The quantitative estimate of drug-likeness (QED) is 0.717. The predicted molar refractivity (Wildman–Crippen MR) is 128 cm³/mol. The first-order chi connectivity index (χ1) is 16.4. The normalized spacial score (nSPS) is 23.9. The van der Waals surface area contributed by atoms with E-state index in [2.05, 4.69) is 59.2 Å². The molecule has 0 amide bonds. The van der Waals surface area contributed by atoms with E-state index in [4.69, 9.17) is 23.7 Å². The minimum atomic E-state index is 0.0861. The summed E-state index contributed by atoms with van der Waals surface area (Å²) >= 11 is 0. The second kappa shape index (κ2) is 16.7. The number of hydrogen-bond donors (Lipinski definition) is 2. The Bertz CT molecular complexity index is 658. The number of benzene rings is 2. The Morgan fingerprint density at radius 2 is 0.727 bits per heavy atom. The third kappa shape index (κ3) is 10.3. The average Bonchev–Trinajstić information content (AvgIpc) is 2.86. The first-order valence-corrected chi connectivity index (χ1v) is 11.9. The molecule has 0 spiro atoms. The molecule has 2 N–H and O–H groups in total. The molecule has 0 saturated carbocycles. The standard InChI is InChI=1S/C26H38N2O5/c1-3-7-23(8-4-1)25-26(24-9-5-2-6-10-24)28-12-14-30-16-18-32-20-22-33-21-19-31-17-15-29-13-11-27-25/h1-10,25-28H,11-22H2/t25-,26+.